The summed E-state index contributed by atoms with van der Waals surface area (Å²) in [6, 6.07) is 12.4. The van der Waals surface area contributed by atoms with E-state index in [2.05, 4.69) is 0 Å². The van der Waals surface area contributed by atoms with Crippen LogP contribution in [0.4, 0.5) is 28.4 Å². The second kappa shape index (κ2) is 16.9. The molecule has 0 atom stereocenters. The first-order valence-corrected chi connectivity index (χ1v) is 17.8. The van der Waals surface area contributed by atoms with E-state index < -0.39 is 24.6 Å². The Kier molecular flexibility index (Phi) is 11.8. The van der Waals surface area contributed by atoms with Crippen LogP contribution in [0.5, 0.6) is 28.7 Å². The van der Waals surface area contributed by atoms with Crippen LogP contribution in [-0.4, -0.2) is 60.2 Å². The van der Waals surface area contributed by atoms with Crippen molar-refractivity contribution in [3.63, 3.8) is 0 Å². The highest BCUT2D eigenvalue weighted by atomic mass is 16.6. The molecule has 60 heavy (non-hydrogen) atoms. The van der Waals surface area contributed by atoms with Gasteiger partial charge in [0.2, 0.25) is 0 Å². The van der Waals surface area contributed by atoms with Gasteiger partial charge in [0.15, 0.2) is 0 Å². The zero-order valence-electron chi connectivity index (χ0n) is 32.7. The highest BCUT2D eigenvalue weighted by Crippen LogP contribution is 2.43. The second-order valence-corrected chi connectivity index (χ2v) is 13.7. The maximum absolute atomic E-state index is 12.4. The number of ether oxygens (including phenoxy) is 5. The summed E-state index contributed by atoms with van der Waals surface area (Å²) >= 11 is 0. The minimum atomic E-state index is -0.643. The van der Waals surface area contributed by atoms with Gasteiger partial charge in [-0.25, -0.2) is 0 Å². The van der Waals surface area contributed by atoms with Gasteiger partial charge in [0.05, 0.1) is 60.2 Å². The third-order valence-corrected chi connectivity index (χ3v) is 10.1. The molecule has 0 unspecified atom stereocenters. The fourth-order valence-electron chi connectivity index (χ4n) is 7.86. The normalized spacial score (nSPS) is 12.1. The number of benzene rings is 5. The summed E-state index contributed by atoms with van der Waals surface area (Å²) in [4.78, 5) is 58.7. The van der Waals surface area contributed by atoms with Crippen LogP contribution in [0, 0.1) is 50.6 Å². The lowest BCUT2D eigenvalue weighted by Gasteiger charge is -2.21. The molecule has 0 N–H and O–H groups in total. The third-order valence-electron chi connectivity index (χ3n) is 10.1. The molecule has 0 radical (unpaired) electrons. The summed E-state index contributed by atoms with van der Waals surface area (Å²) in [6.45, 7) is 0. The predicted molar refractivity (Wildman–Crippen MR) is 212 cm³/mol. The molecule has 1 aliphatic carbocycles. The number of hydrogen-bond donors (Lipinski definition) is 0. The Bertz CT molecular complexity index is 2100. The maximum atomic E-state index is 12.4. The van der Waals surface area contributed by atoms with Gasteiger partial charge in [-0.1, -0.05) is 0 Å². The Morgan fingerprint density at radius 3 is 0.500 bits per heavy atom. The highest BCUT2D eigenvalue weighted by molar-refractivity contribution is 5.63. The lowest BCUT2D eigenvalue weighted by Crippen LogP contribution is -2.08. The average molecular weight is 826 g/mol. The van der Waals surface area contributed by atoms with E-state index in [9.17, 15) is 50.6 Å². The van der Waals surface area contributed by atoms with E-state index >= 15 is 0 Å². The van der Waals surface area contributed by atoms with Gasteiger partial charge in [0, 0.05) is 148 Å². The second-order valence-electron chi connectivity index (χ2n) is 13.7. The lowest BCUT2D eigenvalue weighted by molar-refractivity contribution is -0.385. The topological polar surface area (TPSA) is 262 Å². The van der Waals surface area contributed by atoms with Crippen LogP contribution in [0.2, 0.25) is 0 Å². The van der Waals surface area contributed by atoms with Gasteiger partial charge in [-0.05, 0) is 0 Å². The van der Waals surface area contributed by atoms with E-state index in [0.717, 1.165) is 0 Å². The van der Waals surface area contributed by atoms with E-state index in [1.165, 1.54) is 96.2 Å². The highest BCUT2D eigenvalue weighted by Gasteiger charge is 2.29. The van der Waals surface area contributed by atoms with E-state index in [1.807, 2.05) is 0 Å². The number of nitro benzene ring substituents is 5. The van der Waals surface area contributed by atoms with Gasteiger partial charge in [0.1, 0.15) is 28.7 Å². The maximum Gasteiger partial charge on any atom is 0.270 e. The first kappa shape index (κ1) is 41.7. The van der Waals surface area contributed by atoms with Crippen molar-refractivity contribution < 1.29 is 48.3 Å². The number of nitrogens with zero attached hydrogens (tertiary/aromatic N) is 5. The number of rotatable bonds is 10. The van der Waals surface area contributed by atoms with Crippen molar-refractivity contribution in [2.45, 2.75) is 32.1 Å². The summed E-state index contributed by atoms with van der Waals surface area (Å²) in [6.07, 6.45) is -1.05. The molecule has 5 aromatic carbocycles. The molecule has 5 aromatic rings. The monoisotopic (exact) mass is 825 g/mol. The average Bonchev–Trinajstić information content (AvgIpc) is 3.19. The van der Waals surface area contributed by atoms with Crippen LogP contribution < -0.4 is 23.7 Å². The minimum Gasteiger partial charge on any atom is -0.496 e. The molecule has 20 heteroatoms. The Morgan fingerprint density at radius 1 is 0.300 bits per heavy atom. The predicted octanol–water partition coefficient (Wildman–Crippen LogP) is 7.54. The minimum absolute atomic E-state index is 0.121. The third kappa shape index (κ3) is 8.10. The van der Waals surface area contributed by atoms with Crippen molar-refractivity contribution in [3.05, 3.63) is 167 Å². The molecule has 6 rings (SSSR count). The SMILES string of the molecule is COc1c2cc([N+](=O)[O-])cc1Cc1cc([N+](=O)[O-])cc(c1OC)Cc1cc([N+](=O)[O-])cc(c1OC)Cc1cc([N+](=O)[O-])cc(c1OC)Cc1cc([N+](=O)[O-])cc(c1OC)C2. The molecule has 0 heterocycles. The van der Waals surface area contributed by atoms with E-state index in [4.69, 9.17) is 23.7 Å². The van der Waals surface area contributed by atoms with Gasteiger partial charge in [-0.3, -0.25) is 50.6 Å². The number of fused-ring (bicyclic) bond motifs is 10. The molecule has 0 amide bonds. The molecule has 310 valence electrons. The number of methoxy groups -OCH3 is 5. The first-order chi connectivity index (χ1) is 28.6. The molecular formula is C40H35N5O15. The van der Waals surface area contributed by atoms with Crippen molar-refractivity contribution in [1.29, 1.82) is 0 Å². The van der Waals surface area contributed by atoms with Gasteiger partial charge < -0.3 is 23.7 Å². The molecule has 0 saturated carbocycles. The van der Waals surface area contributed by atoms with Crippen LogP contribution >= 0.6 is 0 Å². The van der Waals surface area contributed by atoms with Crippen molar-refractivity contribution in [2.24, 2.45) is 0 Å². The molecule has 0 aromatic heterocycles. The Labute approximate surface area is 339 Å². The molecule has 0 spiro atoms. The molecule has 1 aliphatic rings. The summed E-state index contributed by atoms with van der Waals surface area (Å²) in [5.41, 5.74) is 0.0880. The van der Waals surface area contributed by atoms with E-state index in [0.29, 0.717) is 0 Å². The zero-order chi connectivity index (χ0) is 43.6. The molecule has 10 bridgehead atoms. The molecule has 0 saturated heterocycles. The lowest BCUT2D eigenvalue weighted by atomic mass is 9.90. The molecular weight excluding hydrogens is 790 g/mol. The van der Waals surface area contributed by atoms with Crippen LogP contribution in [0.1, 0.15) is 55.6 Å². The first-order valence-electron chi connectivity index (χ1n) is 17.8. The number of hydrogen-bond acceptors (Lipinski definition) is 15. The zero-order valence-corrected chi connectivity index (χ0v) is 32.7. The van der Waals surface area contributed by atoms with Crippen molar-refractivity contribution in [2.75, 3.05) is 35.5 Å². The molecule has 0 aliphatic heterocycles. The summed E-state index contributed by atoms with van der Waals surface area (Å²) in [5, 5.41) is 61.9. The van der Waals surface area contributed by atoms with Crippen molar-refractivity contribution in [1.82, 2.24) is 0 Å². The summed E-state index contributed by atoms with van der Waals surface area (Å²) in [5.74, 6) is 0.603. The standard InChI is InChI=1S/C40H35N5O15/c1-56-36-21-6-23-13-32(42(48)49)15-25(37(23)57-2)8-27-17-34(44(52)53)19-29(39(27)59-4)10-30-20-35(45(54)55)18-28(40(30)60-5)9-26-16-33(43(50)51)14-24(38(26)58-3)7-22(36)12-31(11-21)41(46)47/h11-20H,6-10H2,1-5H3. The van der Waals surface area contributed by atoms with Crippen LogP contribution in [0.25, 0.3) is 0 Å². The van der Waals surface area contributed by atoms with Gasteiger partial charge in [-0.15, -0.1) is 0 Å². The van der Waals surface area contributed by atoms with Crippen LogP contribution in [-0.2, 0) is 32.1 Å². The fourth-order valence-corrected chi connectivity index (χ4v) is 7.86. The number of nitro groups is 5. The van der Waals surface area contributed by atoms with Gasteiger partial charge >= 0.3 is 0 Å². The van der Waals surface area contributed by atoms with Gasteiger partial charge in [0.25, 0.3) is 28.4 Å². The Morgan fingerprint density at radius 2 is 0.417 bits per heavy atom. The molecule has 0 fully saturated rings. The van der Waals surface area contributed by atoms with Crippen molar-refractivity contribution >= 4 is 28.4 Å². The van der Waals surface area contributed by atoms with Gasteiger partial charge in [-0.2, -0.15) is 0 Å². The van der Waals surface area contributed by atoms with Crippen LogP contribution in [0.15, 0.2) is 60.7 Å². The Balaban J connectivity index is 1.78. The number of non-ortho nitro benzene ring substituents is 5. The fraction of sp³-hybridized carbons (Fsp3) is 0.250. The smallest absolute Gasteiger partial charge is 0.270 e. The largest absolute Gasteiger partial charge is 0.496 e. The van der Waals surface area contributed by atoms with E-state index in [-0.39, 0.29) is 145 Å². The van der Waals surface area contributed by atoms with E-state index in [1.54, 1.807) is 0 Å². The Hall–Kier alpha value is -7.90. The molecule has 20 nitrogen and oxygen atoms in total. The quantitative estimate of drug-likeness (QED) is 0.0954. The summed E-state index contributed by atoms with van der Waals surface area (Å²) < 4.78 is 29.1. The van der Waals surface area contributed by atoms with Crippen molar-refractivity contribution in [3.8, 4) is 28.7 Å². The van der Waals surface area contributed by atoms with Crippen LogP contribution in [0.3, 0.4) is 0 Å². The summed E-state index contributed by atoms with van der Waals surface area (Å²) in [7, 11) is 6.58.